The Balaban J connectivity index is 1.66. The third-order valence-electron chi connectivity index (χ3n) is 5.34. The van der Waals surface area contributed by atoms with Crippen LogP contribution in [0.1, 0.15) is 30.9 Å². The van der Waals surface area contributed by atoms with E-state index in [1.165, 1.54) is 37.1 Å². The van der Waals surface area contributed by atoms with E-state index < -0.39 is 0 Å². The van der Waals surface area contributed by atoms with Crippen molar-refractivity contribution in [2.45, 2.75) is 32.2 Å². The zero-order chi connectivity index (χ0) is 16.1. The number of quaternary nitrogens is 1. The lowest BCUT2D eigenvalue weighted by Crippen LogP contribution is -2.51. The van der Waals surface area contributed by atoms with Gasteiger partial charge in [-0.05, 0) is 24.1 Å². The molecule has 0 aromatic heterocycles. The van der Waals surface area contributed by atoms with Gasteiger partial charge < -0.3 is 9.22 Å². The minimum Gasteiger partial charge on any atom is -0.487 e. The summed E-state index contributed by atoms with van der Waals surface area (Å²) in [5, 5.41) is 0. The van der Waals surface area contributed by atoms with Gasteiger partial charge in [0.2, 0.25) is 0 Å². The molecule has 1 saturated heterocycles. The Morgan fingerprint density at radius 2 is 1.61 bits per heavy atom. The quantitative estimate of drug-likeness (QED) is 0.723. The molecule has 23 heavy (non-hydrogen) atoms. The highest BCUT2D eigenvalue weighted by Crippen LogP contribution is 2.24. The summed E-state index contributed by atoms with van der Waals surface area (Å²) >= 11 is 0. The molecular formula is C21H28NO+. The molecule has 2 nitrogen and oxygen atoms in total. The molecule has 0 aliphatic carbocycles. The Morgan fingerprint density at radius 1 is 0.957 bits per heavy atom. The van der Waals surface area contributed by atoms with E-state index in [0.29, 0.717) is 6.04 Å². The molecule has 0 saturated carbocycles. The predicted octanol–water partition coefficient (Wildman–Crippen LogP) is 4.29. The monoisotopic (exact) mass is 310 g/mol. The number of rotatable bonds is 6. The van der Waals surface area contributed by atoms with Crippen molar-refractivity contribution < 1.29 is 9.22 Å². The summed E-state index contributed by atoms with van der Waals surface area (Å²) in [6, 6.07) is 19.6. The van der Waals surface area contributed by atoms with Crippen LogP contribution in [-0.4, -0.2) is 37.3 Å². The van der Waals surface area contributed by atoms with Gasteiger partial charge in [0.05, 0.1) is 20.1 Å². The van der Waals surface area contributed by atoms with Gasteiger partial charge in [0.25, 0.3) is 0 Å². The van der Waals surface area contributed by atoms with Crippen LogP contribution in [0.3, 0.4) is 0 Å². The minimum atomic E-state index is 0.544. The van der Waals surface area contributed by atoms with Crippen molar-refractivity contribution >= 4 is 0 Å². The topological polar surface area (TPSA) is 9.23 Å². The van der Waals surface area contributed by atoms with Crippen molar-refractivity contribution in [3.8, 4) is 5.75 Å². The number of nitrogens with zero attached hydrogens (tertiary/aromatic N) is 1. The molecule has 1 atom stereocenters. The second-order valence-corrected chi connectivity index (χ2v) is 7.06. The fourth-order valence-corrected chi connectivity index (χ4v) is 3.50. The lowest BCUT2D eigenvalue weighted by Gasteiger charge is -2.35. The van der Waals surface area contributed by atoms with E-state index in [2.05, 4.69) is 68.6 Å². The minimum absolute atomic E-state index is 0.544. The van der Waals surface area contributed by atoms with Crippen LogP contribution < -0.4 is 4.74 Å². The Bertz CT molecular complexity index is 617. The molecule has 0 amide bonds. The van der Waals surface area contributed by atoms with Crippen molar-refractivity contribution in [2.75, 3.05) is 26.7 Å². The highest BCUT2D eigenvalue weighted by molar-refractivity contribution is 5.37. The molecule has 0 spiro atoms. The van der Waals surface area contributed by atoms with E-state index in [9.17, 15) is 0 Å². The van der Waals surface area contributed by atoms with Crippen LogP contribution in [0.25, 0.3) is 0 Å². The van der Waals surface area contributed by atoms with Crippen LogP contribution in [0, 0.1) is 0 Å². The first kappa shape index (κ1) is 16.1. The molecule has 1 unspecified atom stereocenters. The second kappa shape index (κ2) is 7.18. The van der Waals surface area contributed by atoms with E-state index >= 15 is 0 Å². The first-order valence-corrected chi connectivity index (χ1v) is 8.76. The number of ether oxygens (including phenoxy) is 1. The Hall–Kier alpha value is -1.80. The van der Waals surface area contributed by atoms with E-state index in [4.69, 9.17) is 4.74 Å². The molecule has 0 bridgehead atoms. The number of hydrogen-bond acceptors (Lipinski definition) is 1. The summed E-state index contributed by atoms with van der Waals surface area (Å²) in [4.78, 5) is 0. The van der Waals surface area contributed by atoms with Crippen molar-refractivity contribution in [1.29, 1.82) is 0 Å². The Labute approximate surface area is 140 Å². The fraction of sp³-hybridized carbons (Fsp3) is 0.429. The lowest BCUT2D eigenvalue weighted by atomic mass is 10.0. The average molecular weight is 310 g/mol. The maximum atomic E-state index is 6.23. The first-order chi connectivity index (χ1) is 11.2. The summed E-state index contributed by atoms with van der Waals surface area (Å²) in [6.45, 7) is 5.69. The van der Waals surface area contributed by atoms with Crippen LogP contribution in [0.2, 0.25) is 0 Å². The molecule has 0 N–H and O–H groups in total. The van der Waals surface area contributed by atoms with Gasteiger partial charge in [-0.3, -0.25) is 0 Å². The third kappa shape index (κ3) is 3.94. The zero-order valence-electron chi connectivity index (χ0n) is 14.4. The average Bonchev–Trinajstić information content (AvgIpc) is 3.03. The third-order valence-corrected chi connectivity index (χ3v) is 5.34. The van der Waals surface area contributed by atoms with Gasteiger partial charge >= 0.3 is 0 Å². The molecule has 2 aromatic rings. The maximum absolute atomic E-state index is 6.23. The highest BCUT2D eigenvalue weighted by Gasteiger charge is 2.33. The maximum Gasteiger partial charge on any atom is 0.140 e. The standard InChI is InChI=1S/C21H28NO/c1-18(22(2)14-8-9-15-22)17-23-21-13-7-6-12-20(21)16-19-10-4-3-5-11-19/h3-7,10-13,18H,8-9,14-17H2,1-2H3/q+1. The van der Waals surface area contributed by atoms with Gasteiger partial charge in [-0.1, -0.05) is 48.5 Å². The van der Waals surface area contributed by atoms with Gasteiger partial charge in [0, 0.05) is 19.3 Å². The van der Waals surface area contributed by atoms with Crippen LogP contribution in [0.4, 0.5) is 0 Å². The highest BCUT2D eigenvalue weighted by atomic mass is 16.5. The van der Waals surface area contributed by atoms with Crippen LogP contribution >= 0.6 is 0 Å². The van der Waals surface area contributed by atoms with Crippen molar-refractivity contribution in [1.82, 2.24) is 0 Å². The van der Waals surface area contributed by atoms with E-state index in [1.807, 2.05) is 0 Å². The van der Waals surface area contributed by atoms with Crippen LogP contribution in [0.15, 0.2) is 54.6 Å². The number of likely N-dealkylation sites (tertiary alicyclic amines) is 1. The van der Waals surface area contributed by atoms with Gasteiger partial charge in [-0.25, -0.2) is 0 Å². The largest absolute Gasteiger partial charge is 0.487 e. The molecule has 1 aliphatic rings. The van der Waals surface area contributed by atoms with Gasteiger partial charge in [-0.2, -0.15) is 0 Å². The predicted molar refractivity (Wildman–Crippen MR) is 95.8 cm³/mol. The lowest BCUT2D eigenvalue weighted by molar-refractivity contribution is -0.920. The van der Waals surface area contributed by atoms with E-state index in [1.54, 1.807) is 0 Å². The zero-order valence-corrected chi connectivity index (χ0v) is 14.4. The summed E-state index contributed by atoms with van der Waals surface area (Å²) in [7, 11) is 2.37. The number of likely N-dealkylation sites (N-methyl/N-ethyl adjacent to an activating group) is 1. The van der Waals surface area contributed by atoms with Crippen LogP contribution in [-0.2, 0) is 6.42 Å². The second-order valence-electron chi connectivity index (χ2n) is 7.06. The van der Waals surface area contributed by atoms with E-state index in [0.717, 1.165) is 23.3 Å². The van der Waals surface area contributed by atoms with Crippen molar-refractivity contribution in [3.63, 3.8) is 0 Å². The number of para-hydroxylation sites is 1. The molecule has 2 heteroatoms. The molecule has 0 radical (unpaired) electrons. The first-order valence-electron chi connectivity index (χ1n) is 8.76. The summed E-state index contributed by atoms with van der Waals surface area (Å²) < 4.78 is 7.39. The molecule has 2 aromatic carbocycles. The van der Waals surface area contributed by atoms with Gasteiger partial charge in [0.1, 0.15) is 18.4 Å². The van der Waals surface area contributed by atoms with Crippen molar-refractivity contribution in [2.24, 2.45) is 0 Å². The fourth-order valence-electron chi connectivity index (χ4n) is 3.50. The summed E-state index contributed by atoms with van der Waals surface area (Å²) in [5.74, 6) is 1.04. The van der Waals surface area contributed by atoms with Gasteiger partial charge in [0.15, 0.2) is 0 Å². The number of hydrogen-bond donors (Lipinski definition) is 0. The summed E-state index contributed by atoms with van der Waals surface area (Å²) in [6.07, 6.45) is 3.63. The number of benzene rings is 2. The SMILES string of the molecule is CC(COc1ccccc1Cc1ccccc1)[N+]1(C)CCCC1. The molecule has 1 heterocycles. The normalized spacial score (nSPS) is 17.8. The Kier molecular flexibility index (Phi) is 5.02. The smallest absolute Gasteiger partial charge is 0.140 e. The molecule has 1 aliphatic heterocycles. The Morgan fingerprint density at radius 3 is 2.35 bits per heavy atom. The van der Waals surface area contributed by atoms with Crippen molar-refractivity contribution in [3.05, 3.63) is 65.7 Å². The van der Waals surface area contributed by atoms with Crippen LogP contribution in [0.5, 0.6) is 5.75 Å². The molecule has 122 valence electrons. The molecule has 1 fully saturated rings. The molecular weight excluding hydrogens is 282 g/mol. The van der Waals surface area contributed by atoms with Gasteiger partial charge in [-0.15, -0.1) is 0 Å². The summed E-state index contributed by atoms with van der Waals surface area (Å²) in [5.41, 5.74) is 2.60. The van der Waals surface area contributed by atoms with E-state index in [-0.39, 0.29) is 0 Å². The molecule has 3 rings (SSSR count).